The third kappa shape index (κ3) is 4.53. The van der Waals surface area contributed by atoms with E-state index in [0.717, 1.165) is 12.5 Å². The Labute approximate surface area is 126 Å². The molecular formula is C15H21FN2O2S. The molecule has 0 radical (unpaired) electrons. The van der Waals surface area contributed by atoms with E-state index in [-0.39, 0.29) is 17.4 Å². The number of hydrogen-bond acceptors (Lipinski definition) is 3. The van der Waals surface area contributed by atoms with Crippen molar-refractivity contribution in [3.05, 3.63) is 29.6 Å². The van der Waals surface area contributed by atoms with Gasteiger partial charge in [-0.15, -0.1) is 0 Å². The molecule has 0 aromatic heterocycles. The van der Waals surface area contributed by atoms with Crippen LogP contribution in [0.1, 0.15) is 25.8 Å². The van der Waals surface area contributed by atoms with Gasteiger partial charge in [0, 0.05) is 19.2 Å². The van der Waals surface area contributed by atoms with Gasteiger partial charge in [0.25, 0.3) is 0 Å². The second kappa shape index (κ2) is 7.55. The summed E-state index contributed by atoms with van der Waals surface area (Å²) in [5.41, 5.74) is 5.65. The van der Waals surface area contributed by atoms with Crippen LogP contribution in [-0.2, 0) is 10.0 Å². The molecule has 0 spiro atoms. The molecule has 2 N–H and O–H groups in total. The summed E-state index contributed by atoms with van der Waals surface area (Å²) < 4.78 is 40.0. The minimum atomic E-state index is -3.83. The Kier molecular flexibility index (Phi) is 6.34. The fraction of sp³-hybridized carbons (Fsp3) is 0.467. The van der Waals surface area contributed by atoms with E-state index in [9.17, 15) is 12.8 Å². The van der Waals surface area contributed by atoms with E-state index >= 15 is 0 Å². The van der Waals surface area contributed by atoms with Gasteiger partial charge < -0.3 is 5.73 Å². The van der Waals surface area contributed by atoms with Gasteiger partial charge in [-0.3, -0.25) is 0 Å². The van der Waals surface area contributed by atoms with E-state index in [0.29, 0.717) is 12.1 Å². The lowest BCUT2D eigenvalue weighted by molar-refractivity contribution is 0.391. The fourth-order valence-corrected chi connectivity index (χ4v) is 3.11. The second-order valence-corrected chi connectivity index (χ2v) is 6.96. The number of nitrogens with zero attached hydrogens (tertiary/aromatic N) is 1. The lowest BCUT2D eigenvalue weighted by Gasteiger charge is -2.20. The predicted molar refractivity (Wildman–Crippen MR) is 81.6 cm³/mol. The summed E-state index contributed by atoms with van der Waals surface area (Å²) in [4.78, 5) is -0.327. The Morgan fingerprint density at radius 2 is 2.10 bits per heavy atom. The number of halogens is 1. The first-order valence-electron chi connectivity index (χ1n) is 6.77. The second-order valence-electron chi connectivity index (χ2n) is 4.95. The average Bonchev–Trinajstić information content (AvgIpc) is 2.44. The van der Waals surface area contributed by atoms with Gasteiger partial charge in [-0.1, -0.05) is 32.1 Å². The maximum Gasteiger partial charge on any atom is 0.245 e. The highest BCUT2D eigenvalue weighted by molar-refractivity contribution is 7.89. The Hall–Kier alpha value is -1.42. The van der Waals surface area contributed by atoms with Crippen molar-refractivity contribution < 1.29 is 12.8 Å². The van der Waals surface area contributed by atoms with Crippen LogP contribution in [0.4, 0.5) is 4.39 Å². The lowest BCUT2D eigenvalue weighted by atomic mass is 10.1. The molecule has 0 aliphatic carbocycles. The van der Waals surface area contributed by atoms with Crippen molar-refractivity contribution >= 4 is 10.0 Å². The van der Waals surface area contributed by atoms with Gasteiger partial charge in [0.15, 0.2) is 0 Å². The zero-order valence-corrected chi connectivity index (χ0v) is 13.4. The fourth-order valence-electron chi connectivity index (χ4n) is 1.77. The van der Waals surface area contributed by atoms with Crippen LogP contribution in [0, 0.1) is 23.6 Å². The zero-order chi connectivity index (χ0) is 16.0. The van der Waals surface area contributed by atoms with Crippen LogP contribution in [0.5, 0.6) is 0 Å². The highest BCUT2D eigenvalue weighted by atomic mass is 32.2. The quantitative estimate of drug-likeness (QED) is 0.843. The van der Waals surface area contributed by atoms with E-state index in [1.54, 1.807) is 0 Å². The van der Waals surface area contributed by atoms with E-state index < -0.39 is 15.8 Å². The molecule has 0 amide bonds. The van der Waals surface area contributed by atoms with Gasteiger partial charge in [0.2, 0.25) is 10.0 Å². The standard InChI is InChI=1S/C15H21FN2O2S/c1-4-12(2)11-18(3)21(19,20)15-8-7-13(6-5-9-17)10-14(15)16/h7-8,10,12H,4,9,11,17H2,1-3H3. The lowest BCUT2D eigenvalue weighted by Crippen LogP contribution is -2.31. The predicted octanol–water partition coefficient (Wildman–Crippen LogP) is 1.80. The van der Waals surface area contributed by atoms with Crippen LogP contribution >= 0.6 is 0 Å². The zero-order valence-electron chi connectivity index (χ0n) is 12.6. The molecule has 21 heavy (non-hydrogen) atoms. The molecule has 0 saturated carbocycles. The molecule has 4 nitrogen and oxygen atoms in total. The van der Waals surface area contributed by atoms with E-state index in [1.807, 2.05) is 13.8 Å². The highest BCUT2D eigenvalue weighted by Crippen LogP contribution is 2.20. The highest BCUT2D eigenvalue weighted by Gasteiger charge is 2.25. The van der Waals surface area contributed by atoms with Gasteiger partial charge >= 0.3 is 0 Å². The van der Waals surface area contributed by atoms with Crippen molar-refractivity contribution in [3.63, 3.8) is 0 Å². The SMILES string of the molecule is CCC(C)CN(C)S(=O)(=O)c1ccc(C#CCN)cc1F. The molecule has 0 saturated heterocycles. The van der Waals surface area contributed by atoms with Gasteiger partial charge in [0.1, 0.15) is 10.7 Å². The van der Waals surface area contributed by atoms with Crippen LogP contribution in [0.15, 0.2) is 23.1 Å². The van der Waals surface area contributed by atoms with Crippen LogP contribution in [0.3, 0.4) is 0 Å². The first-order chi connectivity index (χ1) is 9.82. The van der Waals surface area contributed by atoms with E-state index in [2.05, 4.69) is 11.8 Å². The number of rotatable bonds is 5. The van der Waals surface area contributed by atoms with Crippen LogP contribution in [0.25, 0.3) is 0 Å². The average molecular weight is 312 g/mol. The maximum absolute atomic E-state index is 14.0. The van der Waals surface area contributed by atoms with Crippen molar-refractivity contribution in [3.8, 4) is 11.8 Å². The summed E-state index contributed by atoms with van der Waals surface area (Å²) in [7, 11) is -2.37. The number of hydrogen-bond donors (Lipinski definition) is 1. The smallest absolute Gasteiger partial charge is 0.245 e. The molecule has 0 aliphatic heterocycles. The maximum atomic E-state index is 14.0. The molecule has 1 atom stereocenters. The molecule has 0 fully saturated rings. The van der Waals surface area contributed by atoms with Gasteiger partial charge in [0.05, 0.1) is 6.54 Å². The summed E-state index contributed by atoms with van der Waals surface area (Å²) in [5.74, 6) is 4.68. The van der Waals surface area contributed by atoms with Gasteiger partial charge in [-0.05, 0) is 24.1 Å². The molecule has 116 valence electrons. The largest absolute Gasteiger partial charge is 0.320 e. The molecule has 1 unspecified atom stereocenters. The molecule has 1 aromatic rings. The van der Waals surface area contributed by atoms with Crippen molar-refractivity contribution in [1.29, 1.82) is 0 Å². The Morgan fingerprint density at radius 1 is 1.43 bits per heavy atom. The van der Waals surface area contributed by atoms with Crippen molar-refractivity contribution in [2.24, 2.45) is 11.7 Å². The van der Waals surface area contributed by atoms with Crippen molar-refractivity contribution in [1.82, 2.24) is 4.31 Å². The summed E-state index contributed by atoms with van der Waals surface area (Å²) in [5, 5.41) is 0. The van der Waals surface area contributed by atoms with Crippen LogP contribution < -0.4 is 5.73 Å². The molecule has 0 bridgehead atoms. The number of benzene rings is 1. The molecule has 1 rings (SSSR count). The summed E-state index contributed by atoms with van der Waals surface area (Å²) >= 11 is 0. The van der Waals surface area contributed by atoms with Gasteiger partial charge in [-0.2, -0.15) is 0 Å². The van der Waals surface area contributed by atoms with Gasteiger partial charge in [-0.25, -0.2) is 17.1 Å². The minimum absolute atomic E-state index is 0.166. The van der Waals surface area contributed by atoms with Crippen molar-refractivity contribution in [2.75, 3.05) is 20.1 Å². The molecule has 1 aromatic carbocycles. The number of sulfonamides is 1. The van der Waals surface area contributed by atoms with E-state index in [1.165, 1.54) is 23.5 Å². The Bertz CT molecular complexity index is 647. The third-order valence-corrected chi connectivity index (χ3v) is 5.08. The number of nitrogens with two attached hydrogens (primary N) is 1. The Balaban J connectivity index is 3.09. The molecule has 0 heterocycles. The van der Waals surface area contributed by atoms with E-state index in [4.69, 9.17) is 5.73 Å². The van der Waals surface area contributed by atoms with Crippen LogP contribution in [0.2, 0.25) is 0 Å². The molecule has 6 heteroatoms. The summed E-state index contributed by atoms with van der Waals surface area (Å²) in [6.07, 6.45) is 0.857. The Morgan fingerprint density at radius 3 is 2.62 bits per heavy atom. The third-order valence-electron chi connectivity index (χ3n) is 3.22. The first kappa shape index (κ1) is 17.6. The monoisotopic (exact) mass is 312 g/mol. The minimum Gasteiger partial charge on any atom is -0.320 e. The topological polar surface area (TPSA) is 63.4 Å². The van der Waals surface area contributed by atoms with Crippen LogP contribution in [-0.4, -0.2) is 32.9 Å². The normalized spacial score (nSPS) is 12.9. The molecule has 0 aliphatic rings. The van der Waals surface area contributed by atoms with Crippen molar-refractivity contribution in [2.45, 2.75) is 25.2 Å². The molecular weight excluding hydrogens is 291 g/mol. The summed E-state index contributed by atoms with van der Waals surface area (Å²) in [6, 6.07) is 3.85. The summed E-state index contributed by atoms with van der Waals surface area (Å²) in [6.45, 7) is 4.46. The first-order valence-corrected chi connectivity index (χ1v) is 8.21.